The summed E-state index contributed by atoms with van der Waals surface area (Å²) >= 11 is 3.44. The number of rotatable bonds is 1. The molecule has 0 unspecified atom stereocenters. The van der Waals surface area contributed by atoms with Gasteiger partial charge in [-0.1, -0.05) is 22.0 Å². The van der Waals surface area contributed by atoms with Gasteiger partial charge in [0.15, 0.2) is 0 Å². The summed E-state index contributed by atoms with van der Waals surface area (Å²) in [4.78, 5) is 43.7. The summed E-state index contributed by atoms with van der Waals surface area (Å²) in [5.74, 6) is -3.37. The fourth-order valence-corrected chi connectivity index (χ4v) is 6.61. The fraction of sp³-hybridized carbons (Fsp3) is 0.348. The normalized spacial score (nSPS) is 30.7. The third-order valence-corrected chi connectivity index (χ3v) is 7.88. The minimum Gasteiger partial charge on any atom is -0.324 e. The highest BCUT2D eigenvalue weighted by Gasteiger charge is 2.74. The Morgan fingerprint density at radius 2 is 1.85 bits per heavy atom. The van der Waals surface area contributed by atoms with E-state index in [-0.39, 0.29) is 17.6 Å². The molecule has 0 aromatic heterocycles. The van der Waals surface area contributed by atoms with Gasteiger partial charge in [0.25, 0.3) is 0 Å². The molecule has 6 rings (SSSR count). The quantitative estimate of drug-likeness (QED) is 0.580. The van der Waals surface area contributed by atoms with Crippen LogP contribution in [0.1, 0.15) is 24.0 Å². The van der Waals surface area contributed by atoms with Crippen molar-refractivity contribution in [3.63, 3.8) is 0 Å². The van der Waals surface area contributed by atoms with E-state index in [4.69, 9.17) is 0 Å². The highest BCUT2D eigenvalue weighted by molar-refractivity contribution is 9.10. The lowest BCUT2D eigenvalue weighted by Gasteiger charge is -2.36. The van der Waals surface area contributed by atoms with Crippen molar-refractivity contribution < 1.29 is 27.6 Å². The molecule has 4 heterocycles. The van der Waals surface area contributed by atoms with Crippen molar-refractivity contribution in [3.8, 4) is 0 Å². The Hall–Kier alpha value is -2.72. The molecule has 0 bridgehead atoms. The van der Waals surface area contributed by atoms with E-state index in [0.717, 1.165) is 27.9 Å². The molecule has 6 nitrogen and oxygen atoms in total. The van der Waals surface area contributed by atoms with Crippen molar-refractivity contribution in [2.75, 3.05) is 16.8 Å². The maximum atomic E-state index is 13.8. The van der Waals surface area contributed by atoms with Gasteiger partial charge in [0, 0.05) is 21.8 Å². The van der Waals surface area contributed by atoms with Gasteiger partial charge in [0.05, 0.1) is 23.1 Å². The summed E-state index contributed by atoms with van der Waals surface area (Å²) in [6, 6.07) is 9.19. The standard InChI is InChI=1S/C23H17BrF3N3O3/c24-12-6-7-15-14(10-12)22(21(33)28-15)18-17(16-5-2-8-29(16)22)19(31)30(20(18)32)13-4-1-3-11(9-13)23(25,26)27/h1,3-4,6-7,9-10,16-18H,2,5,8H2,(H,28,33)/t16-,17+,18+,22-/m0/s1. The predicted octanol–water partition coefficient (Wildman–Crippen LogP) is 3.90. The first-order valence-corrected chi connectivity index (χ1v) is 11.4. The first kappa shape index (κ1) is 20.9. The lowest BCUT2D eigenvalue weighted by molar-refractivity contribution is -0.137. The molecule has 3 amide bonds. The first-order valence-electron chi connectivity index (χ1n) is 10.6. The van der Waals surface area contributed by atoms with Crippen LogP contribution in [0.4, 0.5) is 24.5 Å². The number of anilines is 2. The number of fused-ring (bicyclic) bond motifs is 7. The van der Waals surface area contributed by atoms with Crippen LogP contribution in [0.25, 0.3) is 0 Å². The molecule has 170 valence electrons. The number of carbonyl (C=O) groups excluding carboxylic acids is 3. The number of halogens is 4. The van der Waals surface area contributed by atoms with Crippen LogP contribution in [0.2, 0.25) is 0 Å². The van der Waals surface area contributed by atoms with E-state index >= 15 is 0 Å². The second kappa shape index (κ2) is 6.66. The van der Waals surface area contributed by atoms with Crippen molar-refractivity contribution in [3.05, 3.63) is 58.1 Å². The summed E-state index contributed by atoms with van der Waals surface area (Å²) in [5.41, 5.74) is -1.24. The first-order chi connectivity index (χ1) is 15.7. The van der Waals surface area contributed by atoms with Crippen LogP contribution in [0.5, 0.6) is 0 Å². The van der Waals surface area contributed by atoms with Crippen molar-refractivity contribution in [2.45, 2.75) is 30.6 Å². The summed E-state index contributed by atoms with van der Waals surface area (Å²) in [6.45, 7) is 0.557. The number of nitrogens with one attached hydrogen (secondary N) is 1. The van der Waals surface area contributed by atoms with Crippen LogP contribution in [0, 0.1) is 11.8 Å². The lowest BCUT2D eigenvalue weighted by atomic mass is 9.75. The predicted molar refractivity (Wildman–Crippen MR) is 115 cm³/mol. The molecule has 2 aromatic carbocycles. The molecule has 3 saturated heterocycles. The van der Waals surface area contributed by atoms with Gasteiger partial charge in [0.2, 0.25) is 17.7 Å². The third kappa shape index (κ3) is 2.56. The van der Waals surface area contributed by atoms with Gasteiger partial charge in [-0.15, -0.1) is 0 Å². The van der Waals surface area contributed by atoms with Crippen molar-refractivity contribution >= 4 is 45.0 Å². The number of nitrogens with zero attached hydrogens (tertiary/aromatic N) is 2. The summed E-state index contributed by atoms with van der Waals surface area (Å²) < 4.78 is 40.6. The zero-order valence-electron chi connectivity index (χ0n) is 17.0. The summed E-state index contributed by atoms with van der Waals surface area (Å²) in [5, 5.41) is 2.87. The van der Waals surface area contributed by atoms with Crippen LogP contribution >= 0.6 is 15.9 Å². The minimum atomic E-state index is -4.61. The van der Waals surface area contributed by atoms with E-state index in [1.807, 2.05) is 4.90 Å². The second-order valence-corrected chi connectivity index (χ2v) is 9.79. The van der Waals surface area contributed by atoms with Crippen LogP contribution in [-0.4, -0.2) is 35.2 Å². The number of alkyl halides is 3. The van der Waals surface area contributed by atoms with E-state index in [9.17, 15) is 27.6 Å². The van der Waals surface area contributed by atoms with Gasteiger partial charge in [-0.25, -0.2) is 4.90 Å². The second-order valence-electron chi connectivity index (χ2n) is 8.88. The maximum absolute atomic E-state index is 13.8. The lowest BCUT2D eigenvalue weighted by Crippen LogP contribution is -2.54. The largest absolute Gasteiger partial charge is 0.416 e. The average molecular weight is 520 g/mol. The topological polar surface area (TPSA) is 69.7 Å². The SMILES string of the molecule is O=C1[C@@H]2[C@@H]3CCCN3[C@]3(C(=O)Nc4ccc(Br)cc43)[C@H]2C(=O)N1c1cccc(C(F)(F)F)c1. The molecule has 1 spiro atoms. The molecular formula is C23H17BrF3N3O3. The monoisotopic (exact) mass is 519 g/mol. The Balaban J connectivity index is 1.53. The molecule has 4 atom stereocenters. The van der Waals surface area contributed by atoms with Crippen LogP contribution in [-0.2, 0) is 26.1 Å². The highest BCUT2D eigenvalue weighted by Crippen LogP contribution is 2.61. The fourth-order valence-electron chi connectivity index (χ4n) is 6.25. The summed E-state index contributed by atoms with van der Waals surface area (Å²) in [7, 11) is 0. The average Bonchev–Trinajstić information content (AvgIpc) is 3.46. The van der Waals surface area contributed by atoms with Gasteiger partial charge in [0.1, 0.15) is 5.54 Å². The minimum absolute atomic E-state index is 0.123. The molecule has 4 aliphatic heterocycles. The van der Waals surface area contributed by atoms with E-state index in [2.05, 4.69) is 21.2 Å². The summed E-state index contributed by atoms with van der Waals surface area (Å²) in [6.07, 6.45) is -3.22. The van der Waals surface area contributed by atoms with Gasteiger partial charge in [-0.05, 0) is 55.8 Å². The van der Waals surface area contributed by atoms with Gasteiger partial charge in [-0.3, -0.25) is 19.3 Å². The number of hydrogen-bond acceptors (Lipinski definition) is 4. The van der Waals surface area contributed by atoms with E-state index < -0.39 is 40.9 Å². The molecule has 0 radical (unpaired) electrons. The highest BCUT2D eigenvalue weighted by atomic mass is 79.9. The third-order valence-electron chi connectivity index (χ3n) is 7.39. The molecule has 0 saturated carbocycles. The van der Waals surface area contributed by atoms with Crippen LogP contribution in [0.3, 0.4) is 0 Å². The number of hydrogen-bond donors (Lipinski definition) is 1. The molecular weight excluding hydrogens is 503 g/mol. The van der Waals surface area contributed by atoms with Crippen molar-refractivity contribution in [1.29, 1.82) is 0 Å². The molecule has 4 aliphatic rings. The van der Waals surface area contributed by atoms with Crippen molar-refractivity contribution in [1.82, 2.24) is 4.90 Å². The maximum Gasteiger partial charge on any atom is 0.416 e. The number of carbonyl (C=O) groups is 3. The number of imide groups is 1. The van der Waals surface area contributed by atoms with E-state index in [1.165, 1.54) is 12.1 Å². The number of amides is 3. The molecule has 0 aliphatic carbocycles. The van der Waals surface area contributed by atoms with Crippen LogP contribution in [0.15, 0.2) is 46.9 Å². The van der Waals surface area contributed by atoms with Crippen molar-refractivity contribution in [2.24, 2.45) is 11.8 Å². The molecule has 10 heteroatoms. The Kier molecular flexibility index (Phi) is 4.21. The Labute approximate surface area is 194 Å². The van der Waals surface area contributed by atoms with Gasteiger partial charge in [-0.2, -0.15) is 13.2 Å². The smallest absolute Gasteiger partial charge is 0.324 e. The number of benzene rings is 2. The Morgan fingerprint density at radius 3 is 2.61 bits per heavy atom. The zero-order chi connectivity index (χ0) is 23.3. The molecule has 33 heavy (non-hydrogen) atoms. The van der Waals surface area contributed by atoms with Gasteiger partial charge >= 0.3 is 6.18 Å². The van der Waals surface area contributed by atoms with E-state index in [0.29, 0.717) is 24.2 Å². The molecule has 3 fully saturated rings. The van der Waals surface area contributed by atoms with Gasteiger partial charge < -0.3 is 5.32 Å². The molecule has 1 N–H and O–H groups in total. The van der Waals surface area contributed by atoms with Crippen LogP contribution < -0.4 is 10.2 Å². The van der Waals surface area contributed by atoms with E-state index in [1.54, 1.807) is 18.2 Å². The Bertz CT molecular complexity index is 1250. The zero-order valence-corrected chi connectivity index (χ0v) is 18.6. The Morgan fingerprint density at radius 1 is 1.06 bits per heavy atom. The molecule has 2 aromatic rings.